The number of nitrogens with zero attached hydrogens (tertiary/aromatic N) is 2. The van der Waals surface area contributed by atoms with Crippen LogP contribution in [0, 0.1) is 0 Å². The highest BCUT2D eigenvalue weighted by atomic mass is 32.1. The first-order valence-corrected chi connectivity index (χ1v) is 8.89. The van der Waals surface area contributed by atoms with Crippen LogP contribution in [0.15, 0.2) is 76.9 Å². The minimum Gasteiger partial charge on any atom is -0.386 e. The Balaban J connectivity index is 1.84. The first kappa shape index (κ1) is 15.7. The van der Waals surface area contributed by atoms with E-state index in [1.54, 1.807) is 11.3 Å². The number of benzene rings is 2. The molecule has 124 valence electrons. The number of fused-ring (bicyclic) bond motifs is 1. The highest BCUT2D eigenvalue weighted by molar-refractivity contribution is 7.13. The van der Waals surface area contributed by atoms with Crippen molar-refractivity contribution in [2.24, 2.45) is 0 Å². The summed E-state index contributed by atoms with van der Waals surface area (Å²) in [6, 6.07) is 20.7. The first-order chi connectivity index (χ1) is 12.2. The summed E-state index contributed by atoms with van der Waals surface area (Å²) in [7, 11) is 0. The molecule has 0 aliphatic carbocycles. The maximum atomic E-state index is 12.8. The average Bonchev–Trinajstić information content (AvgIpc) is 3.19. The second-order valence-electron chi connectivity index (χ2n) is 5.79. The van der Waals surface area contributed by atoms with Crippen LogP contribution in [-0.2, 0) is 6.54 Å². The molecule has 0 saturated heterocycles. The zero-order valence-corrected chi connectivity index (χ0v) is 14.2. The molecule has 0 spiro atoms. The summed E-state index contributed by atoms with van der Waals surface area (Å²) in [6.45, 7) is 0.117. The van der Waals surface area contributed by atoms with Gasteiger partial charge in [-0.2, -0.15) is 5.10 Å². The van der Waals surface area contributed by atoms with Crippen molar-refractivity contribution in [3.63, 3.8) is 0 Å². The van der Waals surface area contributed by atoms with Gasteiger partial charge in [-0.15, -0.1) is 11.3 Å². The zero-order chi connectivity index (χ0) is 17.2. The van der Waals surface area contributed by atoms with Crippen molar-refractivity contribution in [2.45, 2.75) is 12.6 Å². The fraction of sp³-hybridized carbons (Fsp3) is 0.100. The Morgan fingerprint density at radius 2 is 1.68 bits per heavy atom. The predicted octanol–water partition coefficient (Wildman–Crippen LogP) is 3.86. The molecule has 0 aliphatic heterocycles. The van der Waals surface area contributed by atoms with Crippen LogP contribution in [0.1, 0.15) is 11.7 Å². The van der Waals surface area contributed by atoms with E-state index in [2.05, 4.69) is 5.10 Å². The molecule has 0 fully saturated rings. The molecule has 2 heterocycles. The highest BCUT2D eigenvalue weighted by Crippen LogP contribution is 2.28. The lowest BCUT2D eigenvalue weighted by Gasteiger charge is -2.14. The molecule has 0 bridgehead atoms. The number of hydrogen-bond acceptors (Lipinski definition) is 4. The quantitative estimate of drug-likeness (QED) is 0.609. The molecule has 25 heavy (non-hydrogen) atoms. The van der Waals surface area contributed by atoms with Gasteiger partial charge >= 0.3 is 0 Å². The van der Waals surface area contributed by atoms with Gasteiger partial charge < -0.3 is 5.11 Å². The van der Waals surface area contributed by atoms with E-state index in [9.17, 15) is 9.90 Å². The summed E-state index contributed by atoms with van der Waals surface area (Å²) in [5.41, 5.74) is 1.35. The number of hydrogen-bond donors (Lipinski definition) is 1. The normalized spacial score (nSPS) is 12.4. The van der Waals surface area contributed by atoms with Gasteiger partial charge in [-0.25, -0.2) is 4.68 Å². The smallest absolute Gasteiger partial charge is 0.274 e. The molecule has 0 amide bonds. The Morgan fingerprint density at radius 3 is 2.40 bits per heavy atom. The molecular weight excluding hydrogens is 332 g/mol. The van der Waals surface area contributed by atoms with Crippen molar-refractivity contribution in [3.05, 3.63) is 88.0 Å². The van der Waals surface area contributed by atoms with Gasteiger partial charge in [-0.1, -0.05) is 54.6 Å². The predicted molar refractivity (Wildman–Crippen MR) is 101 cm³/mol. The van der Waals surface area contributed by atoms with Crippen LogP contribution in [0.5, 0.6) is 0 Å². The third-order valence-electron chi connectivity index (χ3n) is 4.15. The van der Waals surface area contributed by atoms with Crippen LogP contribution in [0.3, 0.4) is 0 Å². The summed E-state index contributed by atoms with van der Waals surface area (Å²) >= 11 is 1.58. The Labute approximate surface area is 148 Å². The lowest BCUT2D eigenvalue weighted by molar-refractivity contribution is 0.150. The van der Waals surface area contributed by atoms with Gasteiger partial charge in [-0.3, -0.25) is 4.79 Å². The van der Waals surface area contributed by atoms with Gasteiger partial charge in [0.25, 0.3) is 5.56 Å². The largest absolute Gasteiger partial charge is 0.386 e. The van der Waals surface area contributed by atoms with Crippen LogP contribution in [0.2, 0.25) is 0 Å². The molecular formula is C20H16N2O2S. The third kappa shape index (κ3) is 2.99. The molecule has 1 unspecified atom stereocenters. The number of aliphatic hydroxyl groups is 1. The van der Waals surface area contributed by atoms with Crippen molar-refractivity contribution in [2.75, 3.05) is 0 Å². The fourth-order valence-electron chi connectivity index (χ4n) is 2.90. The summed E-state index contributed by atoms with van der Waals surface area (Å²) in [5.74, 6) is 0. The zero-order valence-electron chi connectivity index (χ0n) is 13.4. The number of thiophene rings is 1. The monoisotopic (exact) mass is 348 g/mol. The number of aromatic nitrogens is 2. The summed E-state index contributed by atoms with van der Waals surface area (Å²) in [5, 5.41) is 18.5. The van der Waals surface area contributed by atoms with Crippen molar-refractivity contribution in [3.8, 4) is 10.6 Å². The summed E-state index contributed by atoms with van der Waals surface area (Å²) in [6.07, 6.45) is -0.788. The molecule has 0 aliphatic rings. The average molecular weight is 348 g/mol. The Bertz CT molecular complexity index is 1060. The molecule has 1 N–H and O–H groups in total. The second kappa shape index (κ2) is 6.63. The molecule has 4 aromatic rings. The van der Waals surface area contributed by atoms with E-state index < -0.39 is 6.10 Å². The maximum absolute atomic E-state index is 12.8. The van der Waals surface area contributed by atoms with Gasteiger partial charge in [-0.05, 0) is 23.1 Å². The Kier molecular flexibility index (Phi) is 4.17. The van der Waals surface area contributed by atoms with Gasteiger partial charge in [0, 0.05) is 5.39 Å². The van der Waals surface area contributed by atoms with Gasteiger partial charge in [0.2, 0.25) is 0 Å². The third-order valence-corrected chi connectivity index (χ3v) is 5.03. The second-order valence-corrected chi connectivity index (χ2v) is 6.73. The van der Waals surface area contributed by atoms with Crippen molar-refractivity contribution in [1.29, 1.82) is 0 Å². The van der Waals surface area contributed by atoms with Gasteiger partial charge in [0.1, 0.15) is 5.69 Å². The van der Waals surface area contributed by atoms with E-state index in [1.807, 2.05) is 72.1 Å². The first-order valence-electron chi connectivity index (χ1n) is 8.01. The number of aliphatic hydroxyl groups excluding tert-OH is 1. The summed E-state index contributed by atoms with van der Waals surface area (Å²) < 4.78 is 1.37. The van der Waals surface area contributed by atoms with Crippen LogP contribution in [0.4, 0.5) is 0 Å². The van der Waals surface area contributed by atoms with Crippen molar-refractivity contribution < 1.29 is 5.11 Å². The Hall–Kier alpha value is -2.76. The maximum Gasteiger partial charge on any atom is 0.274 e. The molecule has 0 radical (unpaired) electrons. The molecule has 5 heteroatoms. The van der Waals surface area contributed by atoms with Crippen molar-refractivity contribution >= 4 is 22.1 Å². The van der Waals surface area contributed by atoms with E-state index in [0.29, 0.717) is 5.39 Å². The van der Waals surface area contributed by atoms with E-state index in [-0.39, 0.29) is 12.1 Å². The van der Waals surface area contributed by atoms with Gasteiger partial charge in [0.05, 0.1) is 22.9 Å². The topological polar surface area (TPSA) is 55.1 Å². The van der Waals surface area contributed by atoms with E-state index in [1.165, 1.54) is 4.68 Å². The van der Waals surface area contributed by atoms with Crippen molar-refractivity contribution in [1.82, 2.24) is 9.78 Å². The van der Waals surface area contributed by atoms with Crippen LogP contribution in [0.25, 0.3) is 21.3 Å². The molecule has 2 aromatic carbocycles. The molecule has 2 aromatic heterocycles. The standard InChI is InChI=1S/C20H16N2O2S/c23-17(14-7-2-1-3-8-14)13-22-20(24)16-10-5-4-9-15(16)19(21-22)18-11-6-12-25-18/h1-12,17,23H,13H2. The highest BCUT2D eigenvalue weighted by Gasteiger charge is 2.15. The minimum atomic E-state index is -0.788. The molecule has 4 nitrogen and oxygen atoms in total. The van der Waals surface area contributed by atoms with E-state index >= 15 is 0 Å². The van der Waals surface area contributed by atoms with Crippen LogP contribution >= 0.6 is 11.3 Å². The lowest BCUT2D eigenvalue weighted by atomic mass is 10.1. The van der Waals surface area contributed by atoms with E-state index in [0.717, 1.165) is 21.5 Å². The van der Waals surface area contributed by atoms with E-state index in [4.69, 9.17) is 0 Å². The Morgan fingerprint density at radius 1 is 0.960 bits per heavy atom. The SMILES string of the molecule is O=c1c2ccccc2c(-c2cccs2)nn1CC(O)c1ccccc1. The van der Waals surface area contributed by atoms with Crippen LogP contribution < -0.4 is 5.56 Å². The van der Waals surface area contributed by atoms with Gasteiger partial charge in [0.15, 0.2) is 0 Å². The fourth-order valence-corrected chi connectivity index (χ4v) is 3.62. The lowest BCUT2D eigenvalue weighted by Crippen LogP contribution is -2.26. The molecule has 1 atom stereocenters. The van der Waals surface area contributed by atoms with Crippen LogP contribution in [-0.4, -0.2) is 14.9 Å². The molecule has 4 rings (SSSR count). The number of rotatable bonds is 4. The summed E-state index contributed by atoms with van der Waals surface area (Å²) in [4.78, 5) is 13.8. The molecule has 0 saturated carbocycles. The minimum absolute atomic E-state index is 0.117.